The first-order valence-electron chi connectivity index (χ1n) is 19.1. The Hall–Kier alpha value is -1.02. The first kappa shape index (κ1) is 46.0. The number of carbonyl (C=O) groups is 1. The van der Waals surface area contributed by atoms with Crippen molar-refractivity contribution in [2.75, 3.05) is 54.1 Å². The molecule has 9 heteroatoms. The molecule has 278 valence electrons. The number of rotatable bonds is 35. The van der Waals surface area contributed by atoms with Gasteiger partial charge in [-0.15, -0.1) is 0 Å². The van der Waals surface area contributed by atoms with E-state index < -0.39 is 13.9 Å². The lowest BCUT2D eigenvalue weighted by Gasteiger charge is -2.28. The molecule has 0 aliphatic carbocycles. The third-order valence-corrected chi connectivity index (χ3v) is 8.97. The molecule has 0 aliphatic heterocycles. The van der Waals surface area contributed by atoms with Crippen molar-refractivity contribution in [3.05, 3.63) is 24.3 Å². The van der Waals surface area contributed by atoms with Crippen molar-refractivity contribution in [2.24, 2.45) is 0 Å². The Morgan fingerprint density at radius 3 is 1.72 bits per heavy atom. The highest BCUT2D eigenvalue weighted by Gasteiger charge is 2.20. The van der Waals surface area contributed by atoms with Gasteiger partial charge in [0.1, 0.15) is 19.3 Å². The second kappa shape index (κ2) is 32.2. The van der Waals surface area contributed by atoms with Crippen LogP contribution >= 0.6 is 7.82 Å². The van der Waals surface area contributed by atoms with Gasteiger partial charge in [-0.25, -0.2) is 0 Å². The molecule has 0 aromatic carbocycles. The van der Waals surface area contributed by atoms with E-state index in [-0.39, 0.29) is 25.8 Å². The molecule has 0 bridgehead atoms. The van der Waals surface area contributed by atoms with Gasteiger partial charge in [0.2, 0.25) is 0 Å². The highest BCUT2D eigenvalue weighted by molar-refractivity contribution is 7.45. The lowest BCUT2D eigenvalue weighted by molar-refractivity contribution is -0.870. The Morgan fingerprint density at radius 2 is 1.17 bits per heavy atom. The van der Waals surface area contributed by atoms with Crippen LogP contribution in [0.15, 0.2) is 24.3 Å². The topological polar surface area (TPSA) is 94.1 Å². The monoisotopic (exact) mass is 688 g/mol. The molecule has 47 heavy (non-hydrogen) atoms. The smallest absolute Gasteiger partial charge is 0.306 e. The van der Waals surface area contributed by atoms with Crippen molar-refractivity contribution in [1.29, 1.82) is 0 Å². The number of unbranched alkanes of at least 4 members (excludes halogenated alkanes) is 17. The Balaban J connectivity index is 3.91. The van der Waals surface area contributed by atoms with Gasteiger partial charge in [-0.3, -0.25) is 9.36 Å². The van der Waals surface area contributed by atoms with Crippen molar-refractivity contribution in [1.82, 2.24) is 0 Å². The number of hydrogen-bond acceptors (Lipinski definition) is 7. The van der Waals surface area contributed by atoms with Gasteiger partial charge in [0.05, 0.1) is 34.4 Å². The quantitative estimate of drug-likeness (QED) is 0.0215. The number of phosphoric ester groups is 1. The highest BCUT2D eigenvalue weighted by atomic mass is 31.2. The lowest BCUT2D eigenvalue weighted by atomic mass is 10.1. The van der Waals surface area contributed by atoms with Crippen LogP contribution in [0.3, 0.4) is 0 Å². The van der Waals surface area contributed by atoms with E-state index in [2.05, 4.69) is 38.2 Å². The first-order chi connectivity index (χ1) is 22.6. The van der Waals surface area contributed by atoms with Crippen molar-refractivity contribution in [3.63, 3.8) is 0 Å². The molecule has 0 N–H and O–H groups in total. The first-order valence-corrected chi connectivity index (χ1v) is 20.5. The van der Waals surface area contributed by atoms with Crippen LogP contribution in [-0.4, -0.2) is 70.7 Å². The van der Waals surface area contributed by atoms with Gasteiger partial charge in [0.15, 0.2) is 0 Å². The summed E-state index contributed by atoms with van der Waals surface area (Å²) < 4.78 is 34.0. The van der Waals surface area contributed by atoms with Gasteiger partial charge in [-0.05, 0) is 44.9 Å². The van der Waals surface area contributed by atoms with Crippen LogP contribution in [0.25, 0.3) is 0 Å². The maximum Gasteiger partial charge on any atom is 0.306 e. The Kier molecular flexibility index (Phi) is 31.5. The lowest BCUT2D eigenvalue weighted by Crippen LogP contribution is -2.37. The second-order valence-electron chi connectivity index (χ2n) is 13.9. The van der Waals surface area contributed by atoms with Crippen molar-refractivity contribution < 1.29 is 37.3 Å². The number of carbonyl (C=O) groups excluding carboxylic acids is 1. The summed E-state index contributed by atoms with van der Waals surface area (Å²) in [6.07, 6.45) is 34.1. The maximum atomic E-state index is 12.3. The van der Waals surface area contributed by atoms with Crippen molar-refractivity contribution in [2.45, 2.75) is 161 Å². The van der Waals surface area contributed by atoms with Gasteiger partial charge < -0.3 is 27.9 Å². The fourth-order valence-corrected chi connectivity index (χ4v) is 5.71. The van der Waals surface area contributed by atoms with E-state index in [4.69, 9.17) is 18.5 Å². The SMILES string of the molecule is CCCCCCC/C=C\C/C=C\CCCCCCCCCCCCOCC(COP(=O)([O-])OCC[N+](C)(C)C)OC(=O)CCCCC. The van der Waals surface area contributed by atoms with E-state index in [1.54, 1.807) is 0 Å². The van der Waals surface area contributed by atoms with Crippen LogP contribution in [0.5, 0.6) is 0 Å². The van der Waals surface area contributed by atoms with Crippen LogP contribution in [0.1, 0.15) is 155 Å². The van der Waals surface area contributed by atoms with E-state index in [1.807, 2.05) is 21.1 Å². The van der Waals surface area contributed by atoms with Gasteiger partial charge in [0, 0.05) is 13.0 Å². The molecule has 0 aliphatic rings. The number of ether oxygens (including phenoxy) is 2. The summed E-state index contributed by atoms with van der Waals surface area (Å²) in [6, 6.07) is 0. The Morgan fingerprint density at radius 1 is 0.660 bits per heavy atom. The Labute approximate surface area is 290 Å². The zero-order valence-corrected chi connectivity index (χ0v) is 32.1. The van der Waals surface area contributed by atoms with Gasteiger partial charge in [-0.2, -0.15) is 0 Å². The number of allylic oxidation sites excluding steroid dienone is 4. The molecule has 0 saturated carbocycles. The molecule has 0 aromatic rings. The maximum absolute atomic E-state index is 12.3. The molecule has 2 atom stereocenters. The summed E-state index contributed by atoms with van der Waals surface area (Å²) in [6.45, 7) is 5.22. The van der Waals surface area contributed by atoms with Gasteiger partial charge >= 0.3 is 5.97 Å². The molecule has 0 amide bonds. The minimum atomic E-state index is -4.50. The van der Waals surface area contributed by atoms with Crippen molar-refractivity contribution >= 4 is 13.8 Å². The van der Waals surface area contributed by atoms with Gasteiger partial charge in [0.25, 0.3) is 7.82 Å². The largest absolute Gasteiger partial charge is 0.756 e. The van der Waals surface area contributed by atoms with E-state index in [0.717, 1.165) is 38.5 Å². The number of esters is 1. The van der Waals surface area contributed by atoms with Gasteiger partial charge in [-0.1, -0.05) is 128 Å². The molecule has 0 rings (SSSR count). The Bertz CT molecular complexity index is 812. The minimum absolute atomic E-state index is 0.0257. The summed E-state index contributed by atoms with van der Waals surface area (Å²) in [5.74, 6) is -0.360. The number of nitrogens with zero attached hydrogens (tertiary/aromatic N) is 1. The molecule has 0 radical (unpaired) electrons. The third-order valence-electron chi connectivity index (χ3n) is 8.01. The van der Waals surface area contributed by atoms with Crippen LogP contribution in [0.4, 0.5) is 0 Å². The van der Waals surface area contributed by atoms with E-state index in [0.29, 0.717) is 24.1 Å². The molecule has 0 aromatic heterocycles. The molecule has 0 heterocycles. The zero-order valence-electron chi connectivity index (χ0n) is 31.2. The summed E-state index contributed by atoms with van der Waals surface area (Å²) in [4.78, 5) is 24.4. The molecular weight excluding hydrogens is 613 g/mol. The molecule has 2 unspecified atom stereocenters. The molecule has 0 fully saturated rings. The summed E-state index contributed by atoms with van der Waals surface area (Å²) in [5, 5.41) is 0. The standard InChI is InChI=1S/C38H74NO7P/c1-6-8-10-11-12-13-14-15-16-17-18-19-20-21-22-23-24-25-26-27-28-30-33-43-35-37(46-38(40)31-29-9-7-2)36-45-47(41,42)44-34-32-39(3,4)5/h14-15,17-18,37H,6-13,16,19-36H2,1-5H3/b15-14-,18-17-. The number of likely N-dealkylation sites (N-methyl/N-ethyl adjacent to an activating group) is 1. The predicted octanol–water partition coefficient (Wildman–Crippen LogP) is 9.86. The minimum Gasteiger partial charge on any atom is -0.756 e. The van der Waals surface area contributed by atoms with E-state index >= 15 is 0 Å². The normalized spacial score (nSPS) is 14.3. The van der Waals surface area contributed by atoms with Crippen LogP contribution in [-0.2, 0) is 27.9 Å². The average Bonchev–Trinajstić information content (AvgIpc) is 3.01. The number of phosphoric acid groups is 1. The van der Waals surface area contributed by atoms with Crippen LogP contribution < -0.4 is 4.89 Å². The van der Waals surface area contributed by atoms with Crippen molar-refractivity contribution in [3.8, 4) is 0 Å². The van der Waals surface area contributed by atoms with E-state index in [9.17, 15) is 14.3 Å². The number of quaternary nitrogens is 1. The molecule has 0 spiro atoms. The number of hydrogen-bond donors (Lipinski definition) is 0. The molecule has 0 saturated heterocycles. The summed E-state index contributed by atoms with van der Waals surface area (Å²) in [7, 11) is 1.35. The van der Waals surface area contributed by atoms with Crippen LogP contribution in [0.2, 0.25) is 0 Å². The summed E-state index contributed by atoms with van der Waals surface area (Å²) in [5.41, 5.74) is 0. The second-order valence-corrected chi connectivity index (χ2v) is 15.4. The summed E-state index contributed by atoms with van der Waals surface area (Å²) >= 11 is 0. The predicted molar refractivity (Wildman–Crippen MR) is 194 cm³/mol. The molecule has 8 nitrogen and oxygen atoms in total. The highest BCUT2D eigenvalue weighted by Crippen LogP contribution is 2.38. The van der Waals surface area contributed by atoms with E-state index in [1.165, 1.54) is 96.3 Å². The average molecular weight is 688 g/mol. The fourth-order valence-electron chi connectivity index (χ4n) is 4.99. The zero-order chi connectivity index (χ0) is 34.9. The molecular formula is C38H74NO7P. The fraction of sp³-hybridized carbons (Fsp3) is 0.868. The van der Waals surface area contributed by atoms with Crippen LogP contribution in [0, 0.1) is 0 Å². The third kappa shape index (κ3) is 36.1.